The average Bonchev–Trinajstić information content (AvgIpc) is 2.26. The summed E-state index contributed by atoms with van der Waals surface area (Å²) in [5.74, 6) is 0.891. The van der Waals surface area contributed by atoms with Crippen LogP contribution in [0, 0.1) is 0 Å². The Hall–Kier alpha value is -1.06. The van der Waals surface area contributed by atoms with E-state index in [9.17, 15) is 0 Å². The lowest BCUT2D eigenvalue weighted by Crippen LogP contribution is -2.25. The number of hydrogen-bond acceptors (Lipinski definition) is 3. The van der Waals surface area contributed by atoms with Crippen molar-refractivity contribution in [3.05, 3.63) is 30.3 Å². The molecule has 1 aromatic carbocycles. The number of hydrogen-bond donors (Lipinski definition) is 1. The number of likely N-dealkylation sites (N-methyl/N-ethyl adjacent to an activating group) is 1. The zero-order chi connectivity index (χ0) is 10.9. The van der Waals surface area contributed by atoms with E-state index >= 15 is 0 Å². The molecule has 0 amide bonds. The summed E-state index contributed by atoms with van der Waals surface area (Å²) in [5, 5.41) is 3.06. The summed E-state index contributed by atoms with van der Waals surface area (Å²) in [7, 11) is 1.92. The van der Waals surface area contributed by atoms with Gasteiger partial charge in [-0.25, -0.2) is 0 Å². The van der Waals surface area contributed by atoms with Crippen molar-refractivity contribution in [2.75, 3.05) is 26.8 Å². The quantitative estimate of drug-likeness (QED) is 0.693. The highest BCUT2D eigenvalue weighted by atomic mass is 16.5. The Morgan fingerprint density at radius 3 is 2.60 bits per heavy atom. The van der Waals surface area contributed by atoms with Crippen LogP contribution in [-0.4, -0.2) is 32.9 Å². The third kappa shape index (κ3) is 5.40. The molecule has 0 aliphatic carbocycles. The second-order valence-corrected chi connectivity index (χ2v) is 3.40. The zero-order valence-electron chi connectivity index (χ0n) is 9.40. The Morgan fingerprint density at radius 1 is 1.20 bits per heavy atom. The molecule has 0 bridgehead atoms. The van der Waals surface area contributed by atoms with Gasteiger partial charge in [0.2, 0.25) is 0 Å². The molecule has 15 heavy (non-hydrogen) atoms. The van der Waals surface area contributed by atoms with Gasteiger partial charge in [0, 0.05) is 6.54 Å². The molecule has 0 aliphatic rings. The summed E-state index contributed by atoms with van der Waals surface area (Å²) in [6.45, 7) is 4.13. The fraction of sp³-hybridized carbons (Fsp3) is 0.500. The lowest BCUT2D eigenvalue weighted by Gasteiger charge is -2.12. The summed E-state index contributed by atoms with van der Waals surface area (Å²) in [6.07, 6.45) is 0.231. The van der Waals surface area contributed by atoms with Crippen molar-refractivity contribution >= 4 is 0 Å². The van der Waals surface area contributed by atoms with Crippen molar-refractivity contribution in [2.45, 2.75) is 13.0 Å². The molecule has 0 spiro atoms. The number of nitrogens with one attached hydrogen (secondary N) is 1. The molecule has 0 radical (unpaired) electrons. The van der Waals surface area contributed by atoms with Crippen molar-refractivity contribution in [1.82, 2.24) is 5.32 Å². The molecular formula is C12H19NO2. The zero-order valence-corrected chi connectivity index (χ0v) is 9.40. The summed E-state index contributed by atoms with van der Waals surface area (Å²) >= 11 is 0. The average molecular weight is 209 g/mol. The maximum absolute atomic E-state index is 5.52. The normalized spacial score (nSPS) is 12.4. The van der Waals surface area contributed by atoms with E-state index in [0.717, 1.165) is 12.3 Å². The highest BCUT2D eigenvalue weighted by molar-refractivity contribution is 5.20. The molecule has 84 valence electrons. The maximum atomic E-state index is 5.52. The van der Waals surface area contributed by atoms with E-state index in [-0.39, 0.29) is 6.10 Å². The first kappa shape index (κ1) is 12.0. The number of para-hydroxylation sites is 1. The Morgan fingerprint density at radius 2 is 1.93 bits per heavy atom. The lowest BCUT2D eigenvalue weighted by atomic mass is 10.3. The second-order valence-electron chi connectivity index (χ2n) is 3.40. The third-order valence-corrected chi connectivity index (χ3v) is 1.99. The van der Waals surface area contributed by atoms with Crippen LogP contribution in [0.1, 0.15) is 6.92 Å². The monoisotopic (exact) mass is 209 g/mol. The minimum Gasteiger partial charge on any atom is -0.491 e. The van der Waals surface area contributed by atoms with Gasteiger partial charge in [-0.05, 0) is 26.1 Å². The van der Waals surface area contributed by atoms with E-state index in [2.05, 4.69) is 5.32 Å². The smallest absolute Gasteiger partial charge is 0.119 e. The van der Waals surface area contributed by atoms with Gasteiger partial charge in [0.15, 0.2) is 0 Å². The molecular weight excluding hydrogens is 190 g/mol. The van der Waals surface area contributed by atoms with E-state index in [1.54, 1.807) is 0 Å². The fourth-order valence-electron chi connectivity index (χ4n) is 1.27. The Balaban J connectivity index is 2.07. The molecule has 1 N–H and O–H groups in total. The van der Waals surface area contributed by atoms with Crippen LogP contribution in [0.4, 0.5) is 0 Å². The van der Waals surface area contributed by atoms with Crippen LogP contribution < -0.4 is 10.1 Å². The predicted octanol–water partition coefficient (Wildman–Crippen LogP) is 1.69. The van der Waals surface area contributed by atoms with Gasteiger partial charge in [0.05, 0.1) is 12.7 Å². The van der Waals surface area contributed by atoms with Crippen LogP contribution in [0.2, 0.25) is 0 Å². The Bertz CT molecular complexity index is 251. The van der Waals surface area contributed by atoms with Gasteiger partial charge in [0.25, 0.3) is 0 Å². The van der Waals surface area contributed by atoms with Crippen LogP contribution in [-0.2, 0) is 4.74 Å². The molecule has 1 aromatic rings. The Labute approximate surface area is 91.4 Å². The molecule has 0 aromatic heterocycles. The molecule has 1 rings (SSSR count). The highest BCUT2D eigenvalue weighted by Gasteiger charge is 1.99. The summed E-state index contributed by atoms with van der Waals surface area (Å²) in [5.41, 5.74) is 0. The van der Waals surface area contributed by atoms with Gasteiger partial charge in [0.1, 0.15) is 12.4 Å². The first-order valence-corrected chi connectivity index (χ1v) is 5.27. The van der Waals surface area contributed by atoms with Gasteiger partial charge in [-0.1, -0.05) is 18.2 Å². The SMILES string of the molecule is CNCC(C)OCCOc1ccccc1. The van der Waals surface area contributed by atoms with Crippen LogP contribution in [0.15, 0.2) is 30.3 Å². The van der Waals surface area contributed by atoms with Gasteiger partial charge in [-0.15, -0.1) is 0 Å². The van der Waals surface area contributed by atoms with Gasteiger partial charge in [-0.2, -0.15) is 0 Å². The Kier molecular flexibility index (Phi) is 5.81. The standard InChI is InChI=1S/C12H19NO2/c1-11(10-13-2)14-8-9-15-12-6-4-3-5-7-12/h3-7,11,13H,8-10H2,1-2H3. The summed E-state index contributed by atoms with van der Waals surface area (Å²) < 4.78 is 11.0. The first-order valence-electron chi connectivity index (χ1n) is 5.27. The number of rotatable bonds is 7. The molecule has 1 unspecified atom stereocenters. The molecule has 0 heterocycles. The minimum atomic E-state index is 0.231. The van der Waals surface area contributed by atoms with E-state index < -0.39 is 0 Å². The summed E-state index contributed by atoms with van der Waals surface area (Å²) in [4.78, 5) is 0. The van der Waals surface area contributed by atoms with Gasteiger partial charge >= 0.3 is 0 Å². The van der Waals surface area contributed by atoms with Crippen LogP contribution in [0.25, 0.3) is 0 Å². The number of ether oxygens (including phenoxy) is 2. The van der Waals surface area contributed by atoms with Crippen molar-refractivity contribution < 1.29 is 9.47 Å². The highest BCUT2D eigenvalue weighted by Crippen LogP contribution is 2.07. The van der Waals surface area contributed by atoms with Crippen molar-refractivity contribution in [3.8, 4) is 5.75 Å². The molecule has 1 atom stereocenters. The van der Waals surface area contributed by atoms with Crippen LogP contribution in [0.3, 0.4) is 0 Å². The van der Waals surface area contributed by atoms with Crippen molar-refractivity contribution in [3.63, 3.8) is 0 Å². The largest absolute Gasteiger partial charge is 0.491 e. The van der Waals surface area contributed by atoms with E-state index in [4.69, 9.17) is 9.47 Å². The maximum Gasteiger partial charge on any atom is 0.119 e. The van der Waals surface area contributed by atoms with Gasteiger partial charge in [-0.3, -0.25) is 0 Å². The molecule has 3 heteroatoms. The molecule has 0 fully saturated rings. The third-order valence-electron chi connectivity index (χ3n) is 1.99. The van der Waals surface area contributed by atoms with Crippen LogP contribution >= 0.6 is 0 Å². The molecule has 0 aliphatic heterocycles. The fourth-order valence-corrected chi connectivity index (χ4v) is 1.27. The minimum absolute atomic E-state index is 0.231. The first-order chi connectivity index (χ1) is 7.33. The van der Waals surface area contributed by atoms with Crippen molar-refractivity contribution in [1.29, 1.82) is 0 Å². The van der Waals surface area contributed by atoms with Gasteiger partial charge < -0.3 is 14.8 Å². The topological polar surface area (TPSA) is 30.5 Å². The predicted molar refractivity (Wildman–Crippen MR) is 61.3 cm³/mol. The molecule has 3 nitrogen and oxygen atoms in total. The lowest BCUT2D eigenvalue weighted by molar-refractivity contribution is 0.0458. The van der Waals surface area contributed by atoms with Crippen molar-refractivity contribution in [2.24, 2.45) is 0 Å². The summed E-state index contributed by atoms with van der Waals surface area (Å²) in [6, 6.07) is 9.77. The molecule has 0 saturated carbocycles. The van der Waals surface area contributed by atoms with E-state index in [1.807, 2.05) is 44.3 Å². The number of benzene rings is 1. The molecule has 0 saturated heterocycles. The van der Waals surface area contributed by atoms with Crippen LogP contribution in [0.5, 0.6) is 5.75 Å². The second kappa shape index (κ2) is 7.26. The van der Waals surface area contributed by atoms with E-state index in [0.29, 0.717) is 13.2 Å². The van der Waals surface area contributed by atoms with E-state index in [1.165, 1.54) is 0 Å².